The maximum Gasteiger partial charge on any atom is 0.0314 e. The Labute approximate surface area is 96.9 Å². The minimum Gasteiger partial charge on any atom is -0.399 e. The van der Waals surface area contributed by atoms with E-state index in [0.717, 1.165) is 5.69 Å². The van der Waals surface area contributed by atoms with Gasteiger partial charge in [0.15, 0.2) is 0 Å². The Balaban J connectivity index is 0.000000160. The van der Waals surface area contributed by atoms with E-state index in [2.05, 4.69) is 0 Å². The molecular formula is C14H18N2. The highest BCUT2D eigenvalue weighted by molar-refractivity contribution is 5.38. The second-order valence-electron chi connectivity index (χ2n) is 3.60. The molecule has 2 aromatic carbocycles. The van der Waals surface area contributed by atoms with Gasteiger partial charge in [-0.05, 0) is 24.6 Å². The predicted molar refractivity (Wildman–Crippen MR) is 69.9 cm³/mol. The summed E-state index contributed by atoms with van der Waals surface area (Å²) < 4.78 is 0. The number of nitrogen functional groups attached to an aromatic ring is 1. The van der Waals surface area contributed by atoms with Gasteiger partial charge in [-0.1, -0.05) is 48.0 Å². The summed E-state index contributed by atoms with van der Waals surface area (Å²) in [6, 6.07) is 17.8. The molecule has 0 aromatic heterocycles. The zero-order chi connectivity index (χ0) is 11.8. The number of nitrogens with two attached hydrogens (primary N) is 2. The van der Waals surface area contributed by atoms with E-state index in [1.54, 1.807) is 0 Å². The molecular weight excluding hydrogens is 196 g/mol. The van der Waals surface area contributed by atoms with Crippen LogP contribution in [0, 0.1) is 6.92 Å². The molecule has 0 heterocycles. The molecule has 0 atom stereocenters. The van der Waals surface area contributed by atoms with Gasteiger partial charge in [0.2, 0.25) is 0 Å². The standard InChI is InChI=1S/2C7H9N/c1-6-2-4-7(8)5-3-6;8-6-7-4-2-1-3-5-7/h2-5H,8H2,1H3;1-5H,6,8H2. The van der Waals surface area contributed by atoms with Gasteiger partial charge in [-0.15, -0.1) is 0 Å². The van der Waals surface area contributed by atoms with Crippen molar-refractivity contribution in [3.8, 4) is 0 Å². The van der Waals surface area contributed by atoms with E-state index in [4.69, 9.17) is 11.5 Å². The number of benzene rings is 2. The Bertz CT molecular complexity index is 372. The molecule has 2 nitrogen and oxygen atoms in total. The Kier molecular flexibility index (Phi) is 5.09. The number of hydrogen-bond donors (Lipinski definition) is 2. The fourth-order valence-corrected chi connectivity index (χ4v) is 1.18. The molecule has 84 valence electrons. The van der Waals surface area contributed by atoms with E-state index in [1.807, 2.05) is 61.5 Å². The minimum atomic E-state index is 0.640. The predicted octanol–water partition coefficient (Wildman–Crippen LogP) is 2.72. The maximum atomic E-state index is 5.43. The number of anilines is 1. The first-order valence-electron chi connectivity index (χ1n) is 5.28. The van der Waals surface area contributed by atoms with E-state index in [1.165, 1.54) is 11.1 Å². The van der Waals surface area contributed by atoms with Crippen molar-refractivity contribution in [3.05, 3.63) is 65.7 Å². The molecule has 0 fully saturated rings. The van der Waals surface area contributed by atoms with Crippen LogP contribution in [0.4, 0.5) is 5.69 Å². The summed E-state index contributed by atoms with van der Waals surface area (Å²) in [7, 11) is 0. The topological polar surface area (TPSA) is 52.0 Å². The third-order valence-corrected chi connectivity index (χ3v) is 2.16. The summed E-state index contributed by atoms with van der Waals surface area (Å²) in [4.78, 5) is 0. The van der Waals surface area contributed by atoms with Crippen LogP contribution in [-0.4, -0.2) is 0 Å². The van der Waals surface area contributed by atoms with Crippen LogP contribution < -0.4 is 11.5 Å². The highest BCUT2D eigenvalue weighted by Crippen LogP contribution is 2.02. The molecule has 2 heteroatoms. The first-order valence-corrected chi connectivity index (χ1v) is 5.28. The summed E-state index contributed by atoms with van der Waals surface area (Å²) in [6.07, 6.45) is 0. The van der Waals surface area contributed by atoms with E-state index in [-0.39, 0.29) is 0 Å². The van der Waals surface area contributed by atoms with Gasteiger partial charge < -0.3 is 11.5 Å². The van der Waals surface area contributed by atoms with Crippen molar-refractivity contribution in [1.29, 1.82) is 0 Å². The van der Waals surface area contributed by atoms with Gasteiger partial charge in [0, 0.05) is 12.2 Å². The second kappa shape index (κ2) is 6.64. The van der Waals surface area contributed by atoms with Crippen molar-refractivity contribution in [2.75, 3.05) is 5.73 Å². The lowest BCUT2D eigenvalue weighted by Crippen LogP contribution is -1.94. The summed E-state index contributed by atoms with van der Waals surface area (Å²) >= 11 is 0. The average molecular weight is 214 g/mol. The molecule has 0 aliphatic rings. The largest absolute Gasteiger partial charge is 0.399 e. The van der Waals surface area contributed by atoms with Gasteiger partial charge in [-0.25, -0.2) is 0 Å². The van der Waals surface area contributed by atoms with Crippen molar-refractivity contribution >= 4 is 5.69 Å². The SMILES string of the molecule is Cc1ccc(N)cc1.NCc1ccccc1. The summed E-state index contributed by atoms with van der Waals surface area (Å²) in [5.74, 6) is 0. The third-order valence-electron chi connectivity index (χ3n) is 2.16. The molecule has 2 rings (SSSR count). The van der Waals surface area contributed by atoms with Gasteiger partial charge in [-0.3, -0.25) is 0 Å². The fraction of sp³-hybridized carbons (Fsp3) is 0.143. The molecule has 16 heavy (non-hydrogen) atoms. The monoisotopic (exact) mass is 214 g/mol. The van der Waals surface area contributed by atoms with Crippen molar-refractivity contribution in [1.82, 2.24) is 0 Å². The first-order chi connectivity index (χ1) is 7.72. The quantitative estimate of drug-likeness (QED) is 0.717. The van der Waals surface area contributed by atoms with Gasteiger partial charge in [0.1, 0.15) is 0 Å². The number of rotatable bonds is 1. The Morgan fingerprint density at radius 1 is 0.875 bits per heavy atom. The Morgan fingerprint density at radius 2 is 1.44 bits per heavy atom. The van der Waals surface area contributed by atoms with E-state index >= 15 is 0 Å². The van der Waals surface area contributed by atoms with Crippen molar-refractivity contribution in [2.24, 2.45) is 5.73 Å². The lowest BCUT2D eigenvalue weighted by atomic mass is 10.2. The van der Waals surface area contributed by atoms with Gasteiger partial charge in [-0.2, -0.15) is 0 Å². The molecule has 0 aliphatic carbocycles. The Hall–Kier alpha value is -1.80. The normalized spacial score (nSPS) is 9.12. The zero-order valence-electron chi connectivity index (χ0n) is 9.56. The van der Waals surface area contributed by atoms with Crippen molar-refractivity contribution in [2.45, 2.75) is 13.5 Å². The second-order valence-corrected chi connectivity index (χ2v) is 3.60. The third kappa shape index (κ3) is 4.62. The highest BCUT2D eigenvalue weighted by atomic mass is 14.5. The van der Waals surface area contributed by atoms with Crippen LogP contribution in [0.25, 0.3) is 0 Å². The lowest BCUT2D eigenvalue weighted by molar-refractivity contribution is 1.07. The van der Waals surface area contributed by atoms with Crippen molar-refractivity contribution in [3.63, 3.8) is 0 Å². The number of hydrogen-bond acceptors (Lipinski definition) is 2. The van der Waals surface area contributed by atoms with Crippen LogP contribution >= 0.6 is 0 Å². The molecule has 0 radical (unpaired) electrons. The molecule has 0 spiro atoms. The summed E-state index contributed by atoms with van der Waals surface area (Å²) in [6.45, 7) is 2.68. The van der Waals surface area contributed by atoms with Crippen LogP contribution in [0.15, 0.2) is 54.6 Å². The minimum absolute atomic E-state index is 0.640. The molecule has 0 unspecified atom stereocenters. The molecule has 0 bridgehead atoms. The van der Waals surface area contributed by atoms with Gasteiger partial charge >= 0.3 is 0 Å². The molecule has 4 N–H and O–H groups in total. The highest BCUT2D eigenvalue weighted by Gasteiger charge is 1.80. The molecule has 0 saturated carbocycles. The number of aryl methyl sites for hydroxylation is 1. The summed E-state index contributed by atoms with van der Waals surface area (Å²) in [5, 5.41) is 0. The molecule has 2 aromatic rings. The molecule has 0 aliphatic heterocycles. The van der Waals surface area contributed by atoms with Crippen LogP contribution in [0.2, 0.25) is 0 Å². The smallest absolute Gasteiger partial charge is 0.0314 e. The first kappa shape index (κ1) is 12.3. The van der Waals surface area contributed by atoms with Crippen LogP contribution in [-0.2, 0) is 6.54 Å². The van der Waals surface area contributed by atoms with Gasteiger partial charge in [0.25, 0.3) is 0 Å². The van der Waals surface area contributed by atoms with E-state index in [0.29, 0.717) is 6.54 Å². The zero-order valence-corrected chi connectivity index (χ0v) is 9.56. The lowest BCUT2D eigenvalue weighted by Gasteiger charge is -1.90. The van der Waals surface area contributed by atoms with E-state index < -0.39 is 0 Å². The Morgan fingerprint density at radius 3 is 1.81 bits per heavy atom. The maximum absolute atomic E-state index is 5.43. The molecule has 0 amide bonds. The van der Waals surface area contributed by atoms with Crippen LogP contribution in [0.1, 0.15) is 11.1 Å². The van der Waals surface area contributed by atoms with Gasteiger partial charge in [0.05, 0.1) is 0 Å². The molecule has 0 saturated heterocycles. The summed E-state index contributed by atoms with van der Waals surface area (Å²) in [5.41, 5.74) is 14.0. The van der Waals surface area contributed by atoms with Crippen LogP contribution in [0.3, 0.4) is 0 Å². The average Bonchev–Trinajstić information content (AvgIpc) is 2.35. The van der Waals surface area contributed by atoms with Crippen molar-refractivity contribution < 1.29 is 0 Å². The van der Waals surface area contributed by atoms with Crippen LogP contribution in [0.5, 0.6) is 0 Å². The van der Waals surface area contributed by atoms with E-state index in [9.17, 15) is 0 Å². The fourth-order valence-electron chi connectivity index (χ4n) is 1.18.